The van der Waals surface area contributed by atoms with Crippen LogP contribution in [-0.4, -0.2) is 18.8 Å². The van der Waals surface area contributed by atoms with Crippen molar-refractivity contribution < 1.29 is 22.7 Å². The van der Waals surface area contributed by atoms with Gasteiger partial charge in [-0.1, -0.05) is 31.6 Å². The van der Waals surface area contributed by atoms with Crippen LogP contribution in [0.5, 0.6) is 0 Å². The summed E-state index contributed by atoms with van der Waals surface area (Å²) in [5.74, 6) is -1.29. The number of allylic oxidation sites excluding steroid dienone is 3. The molecule has 0 fully saturated rings. The van der Waals surface area contributed by atoms with E-state index in [1.165, 1.54) is 6.92 Å². The van der Waals surface area contributed by atoms with Crippen LogP contribution in [0.4, 0.5) is 13.2 Å². The van der Waals surface area contributed by atoms with Crippen LogP contribution >= 0.6 is 0 Å². The minimum Gasteiger partial charge on any atom is -0.462 e. The van der Waals surface area contributed by atoms with Gasteiger partial charge in [0.25, 0.3) is 0 Å². The van der Waals surface area contributed by atoms with E-state index in [-0.39, 0.29) is 13.0 Å². The Morgan fingerprint density at radius 3 is 2.25 bits per heavy atom. The minimum absolute atomic E-state index is 0.0595. The van der Waals surface area contributed by atoms with E-state index in [0.717, 1.165) is 31.8 Å². The van der Waals surface area contributed by atoms with Gasteiger partial charge in [-0.3, -0.25) is 0 Å². The fourth-order valence-corrected chi connectivity index (χ4v) is 1.64. The van der Waals surface area contributed by atoms with E-state index in [1.807, 2.05) is 0 Å². The first-order valence-electron chi connectivity index (χ1n) is 7.02. The van der Waals surface area contributed by atoms with E-state index < -0.39 is 17.7 Å². The summed E-state index contributed by atoms with van der Waals surface area (Å²) in [6, 6.07) is 0. The van der Waals surface area contributed by atoms with Gasteiger partial charge in [-0.05, 0) is 39.0 Å². The Balaban J connectivity index is 4.15. The number of hydrogen-bond acceptors (Lipinski definition) is 2. The Kier molecular flexibility index (Phi) is 9.86. The second kappa shape index (κ2) is 10.5. The number of rotatable bonds is 9. The Morgan fingerprint density at radius 2 is 1.70 bits per heavy atom. The smallest absolute Gasteiger partial charge is 0.423 e. The predicted octanol–water partition coefficient (Wildman–Crippen LogP) is 4.95. The largest absolute Gasteiger partial charge is 0.462 e. The second-order valence-electron chi connectivity index (χ2n) is 4.35. The van der Waals surface area contributed by atoms with Crippen molar-refractivity contribution in [2.24, 2.45) is 0 Å². The number of hydrogen-bond donors (Lipinski definition) is 0. The molecule has 2 nitrogen and oxygen atoms in total. The number of carbonyl (C=O) groups is 1. The van der Waals surface area contributed by atoms with E-state index in [4.69, 9.17) is 0 Å². The molecule has 0 spiro atoms. The number of unbranched alkanes of at least 4 members (excludes halogenated alkanes) is 4. The zero-order valence-corrected chi connectivity index (χ0v) is 12.1. The minimum atomic E-state index is -4.64. The Hall–Kier alpha value is -1.26. The van der Waals surface area contributed by atoms with E-state index in [1.54, 1.807) is 0 Å². The summed E-state index contributed by atoms with van der Waals surface area (Å²) in [7, 11) is 0. The highest BCUT2D eigenvalue weighted by atomic mass is 19.4. The maximum atomic E-state index is 12.6. The molecule has 0 amide bonds. The Morgan fingerprint density at radius 1 is 1.05 bits per heavy atom. The summed E-state index contributed by atoms with van der Waals surface area (Å²) >= 11 is 0. The molecule has 0 N–H and O–H groups in total. The van der Waals surface area contributed by atoms with Crippen molar-refractivity contribution in [2.45, 2.75) is 58.5 Å². The van der Waals surface area contributed by atoms with Crippen LogP contribution in [0.15, 0.2) is 23.8 Å². The molecule has 0 saturated heterocycles. The Labute approximate surface area is 118 Å². The standard InChI is InChI=1S/C15H23F3O2/c1-3-5-6-7-8-9-10-11-12-13(15(16,17)18)14(19)20-4-2/h5-6,12H,3-4,7-11H2,1-2H3. The summed E-state index contributed by atoms with van der Waals surface area (Å²) in [6.07, 6.45) is 5.07. The third-order valence-electron chi connectivity index (χ3n) is 2.63. The molecular formula is C15H23F3O2. The van der Waals surface area contributed by atoms with Gasteiger partial charge in [0.15, 0.2) is 0 Å². The summed E-state index contributed by atoms with van der Waals surface area (Å²) in [5.41, 5.74) is -1.19. The zero-order chi connectivity index (χ0) is 15.4. The molecular weight excluding hydrogens is 269 g/mol. The molecule has 0 radical (unpaired) electrons. The lowest BCUT2D eigenvalue weighted by Gasteiger charge is -2.10. The van der Waals surface area contributed by atoms with Crippen molar-refractivity contribution in [1.82, 2.24) is 0 Å². The average Bonchev–Trinajstić information content (AvgIpc) is 2.35. The maximum absolute atomic E-state index is 12.6. The monoisotopic (exact) mass is 292 g/mol. The van der Waals surface area contributed by atoms with Gasteiger partial charge in [-0.15, -0.1) is 0 Å². The number of carbonyl (C=O) groups excluding carboxylic acids is 1. The van der Waals surface area contributed by atoms with Gasteiger partial charge in [0.1, 0.15) is 5.57 Å². The SMILES string of the molecule is CCC=CCCCCCC=C(C(=O)OCC)C(F)(F)F. The van der Waals surface area contributed by atoms with Gasteiger partial charge >= 0.3 is 12.1 Å². The van der Waals surface area contributed by atoms with Crippen LogP contribution in [0.25, 0.3) is 0 Å². The maximum Gasteiger partial charge on any atom is 0.423 e. The number of halogens is 3. The molecule has 0 heterocycles. The van der Waals surface area contributed by atoms with Gasteiger partial charge in [-0.25, -0.2) is 4.79 Å². The van der Waals surface area contributed by atoms with Gasteiger partial charge in [0.2, 0.25) is 0 Å². The topological polar surface area (TPSA) is 26.3 Å². The van der Waals surface area contributed by atoms with Crippen molar-refractivity contribution in [1.29, 1.82) is 0 Å². The molecule has 0 unspecified atom stereocenters. The van der Waals surface area contributed by atoms with Crippen molar-refractivity contribution in [2.75, 3.05) is 6.61 Å². The number of alkyl halides is 3. The molecule has 0 atom stereocenters. The average molecular weight is 292 g/mol. The molecule has 0 aromatic heterocycles. The van der Waals surface area contributed by atoms with Gasteiger partial charge in [0.05, 0.1) is 6.61 Å². The lowest BCUT2D eigenvalue weighted by atomic mass is 10.1. The molecule has 116 valence electrons. The normalized spacial score (nSPS) is 12.9. The molecule has 0 rings (SSSR count). The van der Waals surface area contributed by atoms with Gasteiger partial charge < -0.3 is 4.74 Å². The van der Waals surface area contributed by atoms with Crippen LogP contribution < -0.4 is 0 Å². The first-order chi connectivity index (χ1) is 9.43. The molecule has 5 heteroatoms. The van der Waals surface area contributed by atoms with E-state index >= 15 is 0 Å². The highest BCUT2D eigenvalue weighted by Gasteiger charge is 2.39. The Bertz CT molecular complexity index is 331. The molecule has 20 heavy (non-hydrogen) atoms. The molecule has 0 aliphatic carbocycles. The summed E-state index contributed by atoms with van der Waals surface area (Å²) in [5, 5.41) is 0. The molecule has 0 aliphatic heterocycles. The van der Waals surface area contributed by atoms with Crippen molar-refractivity contribution >= 4 is 5.97 Å². The third kappa shape index (κ3) is 8.77. The highest BCUT2D eigenvalue weighted by molar-refractivity contribution is 5.89. The zero-order valence-electron chi connectivity index (χ0n) is 12.1. The number of esters is 1. The molecule has 0 bridgehead atoms. The lowest BCUT2D eigenvalue weighted by Crippen LogP contribution is -2.22. The van der Waals surface area contributed by atoms with Crippen molar-refractivity contribution in [3.63, 3.8) is 0 Å². The first-order valence-corrected chi connectivity index (χ1v) is 7.02. The second-order valence-corrected chi connectivity index (χ2v) is 4.35. The fraction of sp³-hybridized carbons (Fsp3) is 0.667. The van der Waals surface area contributed by atoms with E-state index in [2.05, 4.69) is 23.8 Å². The van der Waals surface area contributed by atoms with Crippen LogP contribution in [0, 0.1) is 0 Å². The van der Waals surface area contributed by atoms with Crippen LogP contribution in [0.1, 0.15) is 52.4 Å². The van der Waals surface area contributed by atoms with Crippen molar-refractivity contribution in [3.05, 3.63) is 23.8 Å². The number of ether oxygens (including phenoxy) is 1. The van der Waals surface area contributed by atoms with Crippen LogP contribution in [-0.2, 0) is 9.53 Å². The molecule has 0 aliphatic rings. The summed E-state index contributed by atoms with van der Waals surface area (Å²) in [4.78, 5) is 11.2. The third-order valence-corrected chi connectivity index (χ3v) is 2.63. The summed E-state index contributed by atoms with van der Waals surface area (Å²) < 4.78 is 42.3. The molecule has 0 aromatic rings. The summed E-state index contributed by atoms with van der Waals surface area (Å²) in [6.45, 7) is 3.47. The van der Waals surface area contributed by atoms with Crippen LogP contribution in [0.3, 0.4) is 0 Å². The van der Waals surface area contributed by atoms with E-state index in [9.17, 15) is 18.0 Å². The van der Waals surface area contributed by atoms with Gasteiger partial charge in [-0.2, -0.15) is 13.2 Å². The quantitative estimate of drug-likeness (QED) is 0.260. The fourth-order valence-electron chi connectivity index (χ4n) is 1.64. The van der Waals surface area contributed by atoms with E-state index in [0.29, 0.717) is 6.42 Å². The van der Waals surface area contributed by atoms with Gasteiger partial charge in [0, 0.05) is 0 Å². The first kappa shape index (κ1) is 18.7. The highest BCUT2D eigenvalue weighted by Crippen LogP contribution is 2.27. The molecule has 0 saturated carbocycles. The predicted molar refractivity (Wildman–Crippen MR) is 73.3 cm³/mol. The molecule has 0 aromatic carbocycles. The van der Waals surface area contributed by atoms with Crippen molar-refractivity contribution in [3.8, 4) is 0 Å². The lowest BCUT2D eigenvalue weighted by molar-refractivity contribution is -0.150. The van der Waals surface area contributed by atoms with Crippen LogP contribution in [0.2, 0.25) is 0 Å².